The largest absolute Gasteiger partial charge is 0.312 e. The number of carbonyl (C=O) groups is 1. The fraction of sp³-hybridized carbons (Fsp3) is 0.364. The molecule has 0 saturated heterocycles. The maximum absolute atomic E-state index is 11.8. The molecule has 1 amide bonds. The minimum Gasteiger partial charge on any atom is -0.312 e. The van der Waals surface area contributed by atoms with Crippen molar-refractivity contribution in [3.8, 4) is 0 Å². The second-order valence-corrected chi connectivity index (χ2v) is 5.40. The summed E-state index contributed by atoms with van der Waals surface area (Å²) >= 11 is 0. The van der Waals surface area contributed by atoms with Gasteiger partial charge in [-0.2, -0.15) is 0 Å². The van der Waals surface area contributed by atoms with E-state index in [1.54, 1.807) is 0 Å². The van der Waals surface area contributed by atoms with Crippen LogP contribution in [-0.4, -0.2) is 33.7 Å². The van der Waals surface area contributed by atoms with E-state index in [-0.39, 0.29) is 12.5 Å². The minimum atomic E-state index is -3.34. The van der Waals surface area contributed by atoms with Crippen LogP contribution in [0.4, 0.5) is 5.69 Å². The average Bonchev–Trinajstić information content (AvgIpc) is 2.28. The Balaban J connectivity index is 2.72. The molecule has 1 rings (SSSR count). The average molecular weight is 256 g/mol. The summed E-state index contributed by atoms with van der Waals surface area (Å²) in [5, 5.41) is 0. The Morgan fingerprint density at radius 2 is 1.88 bits per heavy atom. The molecule has 0 unspecified atom stereocenters. The zero-order valence-corrected chi connectivity index (χ0v) is 10.7. The highest BCUT2D eigenvalue weighted by atomic mass is 32.2. The van der Waals surface area contributed by atoms with E-state index in [1.165, 1.54) is 4.90 Å². The minimum absolute atomic E-state index is 0.221. The number of para-hydroxylation sites is 1. The highest BCUT2D eigenvalue weighted by Crippen LogP contribution is 2.12. The molecule has 0 aliphatic carbocycles. The molecule has 0 aliphatic rings. The number of sulfonamides is 1. The highest BCUT2D eigenvalue weighted by molar-refractivity contribution is 7.88. The smallest absolute Gasteiger partial charge is 0.242 e. The number of benzene rings is 1. The number of hydrogen-bond donors (Lipinski definition) is 1. The summed E-state index contributed by atoms with van der Waals surface area (Å²) < 4.78 is 24.0. The first-order valence-electron chi connectivity index (χ1n) is 5.24. The lowest BCUT2D eigenvalue weighted by molar-refractivity contribution is -0.117. The summed E-state index contributed by atoms with van der Waals surface area (Å²) in [6.45, 7) is 2.11. The zero-order chi connectivity index (χ0) is 12.9. The molecule has 0 bridgehead atoms. The third-order valence-corrected chi connectivity index (χ3v) is 2.84. The predicted octanol–water partition coefficient (Wildman–Crippen LogP) is 0.589. The van der Waals surface area contributed by atoms with Crippen LogP contribution < -0.4 is 9.62 Å². The molecule has 1 aromatic rings. The molecule has 6 heteroatoms. The van der Waals surface area contributed by atoms with Crippen molar-refractivity contribution in [1.29, 1.82) is 0 Å². The monoisotopic (exact) mass is 256 g/mol. The third-order valence-electron chi connectivity index (χ3n) is 2.17. The molecular weight excluding hydrogens is 240 g/mol. The van der Waals surface area contributed by atoms with E-state index >= 15 is 0 Å². The molecule has 94 valence electrons. The number of anilines is 1. The van der Waals surface area contributed by atoms with E-state index in [1.807, 2.05) is 37.3 Å². The van der Waals surface area contributed by atoms with E-state index in [0.29, 0.717) is 6.54 Å². The molecule has 5 nitrogen and oxygen atoms in total. The molecule has 0 saturated carbocycles. The maximum Gasteiger partial charge on any atom is 0.242 e. The van der Waals surface area contributed by atoms with Gasteiger partial charge in [-0.1, -0.05) is 18.2 Å². The van der Waals surface area contributed by atoms with Crippen molar-refractivity contribution in [2.45, 2.75) is 6.92 Å². The van der Waals surface area contributed by atoms with Gasteiger partial charge in [0, 0.05) is 12.2 Å². The SMILES string of the molecule is CCN(C(=O)CNS(C)(=O)=O)c1ccccc1. The summed E-state index contributed by atoms with van der Waals surface area (Å²) in [4.78, 5) is 13.3. The van der Waals surface area contributed by atoms with Crippen molar-refractivity contribution in [2.24, 2.45) is 0 Å². The molecule has 0 atom stereocenters. The summed E-state index contributed by atoms with van der Waals surface area (Å²) in [5.41, 5.74) is 0.760. The topological polar surface area (TPSA) is 66.5 Å². The molecule has 0 aromatic heterocycles. The number of amides is 1. The summed E-state index contributed by atoms with van der Waals surface area (Å²) in [6, 6.07) is 9.13. The lowest BCUT2D eigenvalue weighted by atomic mass is 10.3. The summed E-state index contributed by atoms with van der Waals surface area (Å²) in [5.74, 6) is -0.274. The van der Waals surface area contributed by atoms with Crippen molar-refractivity contribution < 1.29 is 13.2 Å². The van der Waals surface area contributed by atoms with Gasteiger partial charge < -0.3 is 4.90 Å². The molecule has 1 N–H and O–H groups in total. The Labute approximate surface area is 101 Å². The van der Waals surface area contributed by atoms with E-state index in [4.69, 9.17) is 0 Å². The van der Waals surface area contributed by atoms with Gasteiger partial charge in [0.2, 0.25) is 15.9 Å². The van der Waals surface area contributed by atoms with Crippen molar-refractivity contribution in [1.82, 2.24) is 4.72 Å². The lowest BCUT2D eigenvalue weighted by Gasteiger charge is -2.20. The van der Waals surface area contributed by atoms with Gasteiger partial charge in [-0.25, -0.2) is 13.1 Å². The Bertz CT molecular complexity index is 471. The molecule has 0 spiro atoms. The van der Waals surface area contributed by atoms with Crippen molar-refractivity contribution in [2.75, 3.05) is 24.2 Å². The molecule has 0 radical (unpaired) electrons. The molecule has 17 heavy (non-hydrogen) atoms. The van der Waals surface area contributed by atoms with Crippen LogP contribution in [0.3, 0.4) is 0 Å². The van der Waals surface area contributed by atoms with Crippen molar-refractivity contribution >= 4 is 21.6 Å². The van der Waals surface area contributed by atoms with Gasteiger partial charge in [0.15, 0.2) is 0 Å². The lowest BCUT2D eigenvalue weighted by Crippen LogP contribution is -2.39. The fourth-order valence-electron chi connectivity index (χ4n) is 1.40. The van der Waals surface area contributed by atoms with Crippen LogP contribution in [0.5, 0.6) is 0 Å². The van der Waals surface area contributed by atoms with E-state index in [2.05, 4.69) is 4.72 Å². The number of hydrogen-bond acceptors (Lipinski definition) is 3. The number of likely N-dealkylation sites (N-methyl/N-ethyl adjacent to an activating group) is 1. The van der Waals surface area contributed by atoms with Crippen molar-refractivity contribution in [3.63, 3.8) is 0 Å². The first-order valence-corrected chi connectivity index (χ1v) is 7.13. The van der Waals surface area contributed by atoms with Crippen LogP contribution in [0.25, 0.3) is 0 Å². The van der Waals surface area contributed by atoms with Crippen LogP contribution in [0.2, 0.25) is 0 Å². The summed E-state index contributed by atoms with van der Waals surface area (Å²) in [7, 11) is -3.34. The van der Waals surface area contributed by atoms with Gasteiger partial charge in [-0.05, 0) is 19.1 Å². The maximum atomic E-state index is 11.8. The van der Waals surface area contributed by atoms with Gasteiger partial charge in [-0.3, -0.25) is 4.79 Å². The zero-order valence-electron chi connectivity index (χ0n) is 9.88. The quantitative estimate of drug-likeness (QED) is 0.838. The number of rotatable bonds is 5. The van der Waals surface area contributed by atoms with Crippen LogP contribution in [0.15, 0.2) is 30.3 Å². The molecular formula is C11H16N2O3S. The standard InChI is InChI=1S/C11H16N2O3S/c1-3-13(10-7-5-4-6-8-10)11(14)9-12-17(2,15)16/h4-8,12H,3,9H2,1-2H3. The van der Waals surface area contributed by atoms with Gasteiger partial charge in [0.25, 0.3) is 0 Å². The van der Waals surface area contributed by atoms with Gasteiger partial charge in [0.1, 0.15) is 0 Å². The second kappa shape index (κ2) is 5.79. The van der Waals surface area contributed by atoms with E-state index in [9.17, 15) is 13.2 Å². The highest BCUT2D eigenvalue weighted by Gasteiger charge is 2.14. The Morgan fingerprint density at radius 1 is 1.29 bits per heavy atom. The van der Waals surface area contributed by atoms with E-state index < -0.39 is 10.0 Å². The second-order valence-electron chi connectivity index (χ2n) is 3.57. The molecule has 1 aromatic carbocycles. The van der Waals surface area contributed by atoms with Crippen LogP contribution in [0, 0.1) is 0 Å². The van der Waals surface area contributed by atoms with Crippen LogP contribution >= 0.6 is 0 Å². The number of nitrogens with zero attached hydrogens (tertiary/aromatic N) is 1. The fourth-order valence-corrected chi connectivity index (χ4v) is 1.78. The van der Waals surface area contributed by atoms with Crippen molar-refractivity contribution in [3.05, 3.63) is 30.3 Å². The van der Waals surface area contributed by atoms with E-state index in [0.717, 1.165) is 11.9 Å². The predicted molar refractivity (Wildman–Crippen MR) is 67.3 cm³/mol. The first-order chi connectivity index (χ1) is 7.94. The van der Waals surface area contributed by atoms with Gasteiger partial charge in [0.05, 0.1) is 12.8 Å². The van der Waals surface area contributed by atoms with Crippen LogP contribution in [-0.2, 0) is 14.8 Å². The number of carbonyl (C=O) groups excluding carboxylic acids is 1. The van der Waals surface area contributed by atoms with Gasteiger partial charge in [-0.15, -0.1) is 0 Å². The van der Waals surface area contributed by atoms with Gasteiger partial charge >= 0.3 is 0 Å². The normalized spacial score (nSPS) is 11.2. The Kier molecular flexibility index (Phi) is 4.65. The Hall–Kier alpha value is -1.40. The van der Waals surface area contributed by atoms with Crippen LogP contribution in [0.1, 0.15) is 6.92 Å². The number of nitrogens with one attached hydrogen (secondary N) is 1. The first kappa shape index (κ1) is 13.7. The third kappa shape index (κ3) is 4.54. The summed E-state index contributed by atoms with van der Waals surface area (Å²) in [6.07, 6.45) is 1.03. The molecule has 0 heterocycles. The Morgan fingerprint density at radius 3 is 2.35 bits per heavy atom. The molecule has 0 aliphatic heterocycles. The molecule has 0 fully saturated rings.